The fourth-order valence-corrected chi connectivity index (χ4v) is 8.46. The van der Waals surface area contributed by atoms with Crippen molar-refractivity contribution in [1.82, 2.24) is 30.6 Å². The maximum absolute atomic E-state index is 13.4. The molecule has 8 aromatic rings. The average molecular weight is 807 g/mol. The molecule has 0 aliphatic rings. The predicted molar refractivity (Wildman–Crippen MR) is 244 cm³/mol. The Morgan fingerprint density at radius 2 is 0.983 bits per heavy atom. The van der Waals surface area contributed by atoms with Crippen LogP contribution >= 0.6 is 0 Å². The van der Waals surface area contributed by atoms with Crippen molar-refractivity contribution in [3.8, 4) is 11.5 Å². The number of unbranched alkanes of at least 4 members (excludes halogenated alkanes) is 10. The SMILES string of the molecule is CCCCCCCCOc1cc2cc(OCCCCCCCC)c3c4ccc(C(=O)NCc5ccc[nH]5)cc4[nH]c3c2c2[nH]c3cc(C(=O)NCc4ccc[nH]4)ccc3c12. The number of aromatic nitrogens is 4. The Bertz CT molecular complexity index is 2510. The number of H-pyrrole nitrogens is 4. The molecule has 0 spiro atoms. The molecule has 0 saturated heterocycles. The van der Waals surface area contributed by atoms with Gasteiger partial charge in [-0.05, 0) is 78.9 Å². The highest BCUT2D eigenvalue weighted by Gasteiger charge is 2.22. The summed E-state index contributed by atoms with van der Waals surface area (Å²) >= 11 is 0. The Kier molecular flexibility index (Phi) is 13.0. The Labute approximate surface area is 351 Å². The minimum Gasteiger partial charge on any atom is -0.493 e. The van der Waals surface area contributed by atoms with Crippen molar-refractivity contribution in [2.24, 2.45) is 0 Å². The summed E-state index contributed by atoms with van der Waals surface area (Å²) in [7, 11) is 0. The predicted octanol–water partition coefficient (Wildman–Crippen LogP) is 12.1. The first-order valence-electron chi connectivity index (χ1n) is 22.1. The van der Waals surface area contributed by atoms with E-state index in [0.717, 1.165) is 103 Å². The van der Waals surface area contributed by atoms with Gasteiger partial charge in [-0.15, -0.1) is 0 Å². The topological polar surface area (TPSA) is 140 Å². The maximum atomic E-state index is 13.4. The number of fused-ring (bicyclic) bond motifs is 9. The zero-order chi connectivity index (χ0) is 41.3. The first kappa shape index (κ1) is 40.6. The molecule has 2 amide bonds. The van der Waals surface area contributed by atoms with Crippen LogP contribution in [-0.4, -0.2) is 45.0 Å². The summed E-state index contributed by atoms with van der Waals surface area (Å²) in [6, 6.07) is 23.8. The highest BCUT2D eigenvalue weighted by atomic mass is 16.5. The van der Waals surface area contributed by atoms with E-state index >= 15 is 0 Å². The van der Waals surface area contributed by atoms with Crippen LogP contribution in [0, 0.1) is 0 Å². The summed E-state index contributed by atoms with van der Waals surface area (Å²) in [6.07, 6.45) is 17.8. The highest BCUT2D eigenvalue weighted by Crippen LogP contribution is 2.46. The Hall–Kier alpha value is -6.16. The normalized spacial score (nSPS) is 11.7. The van der Waals surface area contributed by atoms with Gasteiger partial charge in [-0.25, -0.2) is 0 Å². The Morgan fingerprint density at radius 3 is 1.42 bits per heavy atom. The van der Waals surface area contributed by atoms with Gasteiger partial charge in [0.15, 0.2) is 0 Å². The average Bonchev–Trinajstić information content (AvgIpc) is 4.10. The first-order chi connectivity index (χ1) is 29.5. The zero-order valence-electron chi connectivity index (χ0n) is 35.0. The highest BCUT2D eigenvalue weighted by molar-refractivity contribution is 6.30. The van der Waals surface area contributed by atoms with Crippen molar-refractivity contribution in [2.75, 3.05) is 13.2 Å². The fraction of sp³-hybridized carbons (Fsp3) is 0.360. The summed E-state index contributed by atoms with van der Waals surface area (Å²) < 4.78 is 13.4. The van der Waals surface area contributed by atoms with Gasteiger partial charge in [0, 0.05) is 62.1 Å². The number of ether oxygens (including phenoxy) is 2. The Morgan fingerprint density at radius 1 is 0.533 bits per heavy atom. The second-order valence-corrected chi connectivity index (χ2v) is 16.1. The lowest BCUT2D eigenvalue weighted by Gasteiger charge is -2.14. The van der Waals surface area contributed by atoms with Gasteiger partial charge in [0.2, 0.25) is 0 Å². The molecule has 10 nitrogen and oxygen atoms in total. The van der Waals surface area contributed by atoms with E-state index in [1.807, 2.05) is 73.1 Å². The summed E-state index contributed by atoms with van der Waals surface area (Å²) in [5, 5.41) is 12.0. The van der Waals surface area contributed by atoms with Crippen LogP contribution < -0.4 is 20.1 Å². The number of nitrogens with one attached hydrogen (secondary N) is 6. The van der Waals surface area contributed by atoms with Crippen molar-refractivity contribution >= 4 is 66.2 Å². The van der Waals surface area contributed by atoms with Gasteiger partial charge in [0.25, 0.3) is 11.8 Å². The Balaban J connectivity index is 1.22. The van der Waals surface area contributed by atoms with Crippen LogP contribution in [0.1, 0.15) is 123 Å². The number of hydrogen-bond acceptors (Lipinski definition) is 4. The van der Waals surface area contributed by atoms with Gasteiger partial charge in [-0.3, -0.25) is 9.59 Å². The minimum absolute atomic E-state index is 0.146. The van der Waals surface area contributed by atoms with Crippen molar-refractivity contribution in [3.63, 3.8) is 0 Å². The third-order valence-electron chi connectivity index (χ3n) is 11.7. The van der Waals surface area contributed by atoms with E-state index < -0.39 is 0 Å². The second-order valence-electron chi connectivity index (χ2n) is 16.1. The summed E-state index contributed by atoms with van der Waals surface area (Å²) in [6.45, 7) is 6.54. The third-order valence-corrected chi connectivity index (χ3v) is 11.7. The fourth-order valence-electron chi connectivity index (χ4n) is 8.46. The van der Waals surface area contributed by atoms with E-state index in [0.29, 0.717) is 37.4 Å². The smallest absolute Gasteiger partial charge is 0.251 e. The van der Waals surface area contributed by atoms with Gasteiger partial charge in [0.05, 0.1) is 48.1 Å². The van der Waals surface area contributed by atoms with E-state index in [9.17, 15) is 9.59 Å². The molecule has 60 heavy (non-hydrogen) atoms. The molecule has 4 heterocycles. The van der Waals surface area contributed by atoms with Crippen LogP contribution in [0.3, 0.4) is 0 Å². The van der Waals surface area contributed by atoms with E-state index in [1.54, 1.807) is 0 Å². The van der Waals surface area contributed by atoms with Gasteiger partial charge >= 0.3 is 0 Å². The zero-order valence-corrected chi connectivity index (χ0v) is 35.0. The monoisotopic (exact) mass is 806 g/mol. The number of carbonyl (C=O) groups excluding carboxylic acids is 2. The molecule has 0 radical (unpaired) electrons. The molecule has 0 fully saturated rings. The molecule has 312 valence electrons. The van der Waals surface area contributed by atoms with Crippen LogP contribution in [0.2, 0.25) is 0 Å². The minimum atomic E-state index is -0.146. The van der Waals surface area contributed by atoms with E-state index in [1.165, 1.54) is 51.4 Å². The molecule has 6 N–H and O–H groups in total. The van der Waals surface area contributed by atoms with Gasteiger partial charge in [-0.2, -0.15) is 0 Å². The molecule has 0 unspecified atom stereocenters. The second kappa shape index (κ2) is 19.3. The van der Waals surface area contributed by atoms with Crippen LogP contribution in [-0.2, 0) is 13.1 Å². The van der Waals surface area contributed by atoms with E-state index in [-0.39, 0.29) is 11.8 Å². The van der Waals surface area contributed by atoms with Gasteiger partial charge < -0.3 is 40.0 Å². The molecule has 8 rings (SSSR count). The maximum Gasteiger partial charge on any atom is 0.251 e. The van der Waals surface area contributed by atoms with Gasteiger partial charge in [-0.1, -0.05) is 90.2 Å². The molecule has 4 aromatic heterocycles. The van der Waals surface area contributed by atoms with Crippen LogP contribution in [0.15, 0.2) is 85.2 Å². The van der Waals surface area contributed by atoms with Gasteiger partial charge in [0.1, 0.15) is 11.5 Å². The lowest BCUT2D eigenvalue weighted by Crippen LogP contribution is -2.22. The molecule has 0 atom stereocenters. The number of rotatable bonds is 22. The lowest BCUT2D eigenvalue weighted by atomic mass is 10.00. The first-order valence-corrected chi connectivity index (χ1v) is 22.1. The van der Waals surface area contributed by atoms with E-state index in [2.05, 4.69) is 56.5 Å². The molecule has 0 bridgehead atoms. The van der Waals surface area contributed by atoms with Crippen molar-refractivity contribution in [3.05, 3.63) is 108 Å². The molecule has 0 aliphatic heterocycles. The van der Waals surface area contributed by atoms with Crippen molar-refractivity contribution in [1.29, 1.82) is 0 Å². The quantitative estimate of drug-likeness (QED) is 0.0379. The lowest BCUT2D eigenvalue weighted by molar-refractivity contribution is 0.0942. The van der Waals surface area contributed by atoms with Crippen molar-refractivity contribution < 1.29 is 19.1 Å². The number of carbonyl (C=O) groups is 2. The summed E-state index contributed by atoms with van der Waals surface area (Å²) in [5.41, 5.74) is 6.57. The van der Waals surface area contributed by atoms with E-state index in [4.69, 9.17) is 9.47 Å². The molecule has 10 heteroatoms. The molecule has 0 saturated carbocycles. The number of amides is 2. The van der Waals surface area contributed by atoms with Crippen LogP contribution in [0.5, 0.6) is 11.5 Å². The molecular formula is C50H58N6O4. The standard InChI is InChI=1S/C50H58N6O4/c1-3-5-7-9-11-13-25-59-42-29-35-30-43(60-26-14-12-10-8-6-4-2)46-39-22-20-34(50(58)54-32-37-18-16-24-52-37)28-41(39)56-48(46)44(35)47-45(42)38-21-19-33(27-40(38)55-47)49(57)53-31-36-17-15-23-51-36/h15-24,27-30,51-52,55-56H,3-14,25-26,31-32H2,1-2H3,(H,53,57)(H,54,58). The summed E-state index contributed by atoms with van der Waals surface area (Å²) in [5.74, 6) is 1.32. The number of hydrogen-bond donors (Lipinski definition) is 6. The summed E-state index contributed by atoms with van der Waals surface area (Å²) in [4.78, 5) is 40.6. The number of benzene rings is 4. The number of aromatic amines is 4. The molecule has 0 aliphatic carbocycles. The molecular weight excluding hydrogens is 749 g/mol. The van der Waals surface area contributed by atoms with Crippen LogP contribution in [0.25, 0.3) is 54.4 Å². The van der Waals surface area contributed by atoms with Crippen molar-refractivity contribution in [2.45, 2.75) is 104 Å². The largest absolute Gasteiger partial charge is 0.493 e. The molecule has 4 aromatic carbocycles. The van der Waals surface area contributed by atoms with Crippen LogP contribution in [0.4, 0.5) is 0 Å². The third kappa shape index (κ3) is 9.03.